The predicted molar refractivity (Wildman–Crippen MR) is 73.4 cm³/mol. The number of rotatable bonds is 6. The SMILES string of the molecule is Cc1ccc(COC[C@H](N)CC(=O)O)cn1.Cl.Cl. The fourth-order valence-electron chi connectivity index (χ4n) is 1.20. The molecule has 0 aromatic carbocycles. The third kappa shape index (κ3) is 8.25. The first kappa shape index (κ1) is 19.5. The molecule has 3 N–H and O–H groups in total. The summed E-state index contributed by atoms with van der Waals surface area (Å²) in [5.74, 6) is -0.909. The maximum Gasteiger partial charge on any atom is 0.305 e. The Morgan fingerprint density at radius 1 is 1.50 bits per heavy atom. The van der Waals surface area contributed by atoms with E-state index in [-0.39, 0.29) is 37.8 Å². The van der Waals surface area contributed by atoms with E-state index in [2.05, 4.69) is 4.98 Å². The molecule has 1 atom stereocenters. The van der Waals surface area contributed by atoms with Crippen LogP contribution < -0.4 is 5.73 Å². The third-order valence-electron chi connectivity index (χ3n) is 2.01. The summed E-state index contributed by atoms with van der Waals surface area (Å²) in [5, 5.41) is 8.49. The normalized spacial score (nSPS) is 11.0. The zero-order chi connectivity index (χ0) is 12.0. The van der Waals surface area contributed by atoms with Gasteiger partial charge in [-0.3, -0.25) is 9.78 Å². The first-order valence-electron chi connectivity index (χ1n) is 5.04. The fourth-order valence-corrected chi connectivity index (χ4v) is 1.20. The quantitative estimate of drug-likeness (QED) is 0.832. The van der Waals surface area contributed by atoms with Crippen LogP contribution in [0.4, 0.5) is 0 Å². The number of ether oxygens (including phenoxy) is 1. The Labute approximate surface area is 119 Å². The molecule has 0 saturated heterocycles. The molecule has 104 valence electrons. The van der Waals surface area contributed by atoms with Gasteiger partial charge in [-0.1, -0.05) is 6.07 Å². The summed E-state index contributed by atoms with van der Waals surface area (Å²) in [6.07, 6.45) is 1.66. The number of nitrogens with zero attached hydrogens (tertiary/aromatic N) is 1. The van der Waals surface area contributed by atoms with E-state index in [0.717, 1.165) is 11.3 Å². The Kier molecular flexibility index (Phi) is 10.9. The van der Waals surface area contributed by atoms with Crippen LogP contribution in [0, 0.1) is 6.92 Å². The van der Waals surface area contributed by atoms with Crippen LogP contribution in [0.2, 0.25) is 0 Å². The van der Waals surface area contributed by atoms with Crippen molar-refractivity contribution in [3.05, 3.63) is 29.6 Å². The lowest BCUT2D eigenvalue weighted by Gasteiger charge is -2.09. The minimum Gasteiger partial charge on any atom is -0.481 e. The first-order valence-corrected chi connectivity index (χ1v) is 5.04. The van der Waals surface area contributed by atoms with Gasteiger partial charge >= 0.3 is 5.97 Å². The number of halogens is 2. The molecule has 5 nitrogen and oxygen atoms in total. The largest absolute Gasteiger partial charge is 0.481 e. The maximum absolute atomic E-state index is 10.3. The van der Waals surface area contributed by atoms with Gasteiger partial charge in [-0.15, -0.1) is 24.8 Å². The molecular formula is C11H18Cl2N2O3. The number of pyridine rings is 1. The van der Waals surface area contributed by atoms with Crippen molar-refractivity contribution in [3.8, 4) is 0 Å². The van der Waals surface area contributed by atoms with Gasteiger partial charge in [0.25, 0.3) is 0 Å². The van der Waals surface area contributed by atoms with E-state index in [9.17, 15) is 4.79 Å². The second-order valence-electron chi connectivity index (χ2n) is 3.68. The molecule has 18 heavy (non-hydrogen) atoms. The lowest BCUT2D eigenvalue weighted by Crippen LogP contribution is -2.28. The van der Waals surface area contributed by atoms with E-state index in [0.29, 0.717) is 6.61 Å². The first-order chi connectivity index (χ1) is 7.58. The van der Waals surface area contributed by atoms with Crippen LogP contribution in [0.1, 0.15) is 17.7 Å². The average molecular weight is 297 g/mol. The molecule has 1 aromatic rings. The summed E-state index contributed by atoms with van der Waals surface area (Å²) in [5.41, 5.74) is 7.44. The highest BCUT2D eigenvalue weighted by molar-refractivity contribution is 5.85. The highest BCUT2D eigenvalue weighted by atomic mass is 35.5. The lowest BCUT2D eigenvalue weighted by atomic mass is 10.2. The highest BCUT2D eigenvalue weighted by Crippen LogP contribution is 2.02. The molecule has 0 spiro atoms. The molecule has 1 aromatic heterocycles. The maximum atomic E-state index is 10.3. The topological polar surface area (TPSA) is 85.4 Å². The van der Waals surface area contributed by atoms with Crippen LogP contribution in [-0.2, 0) is 16.1 Å². The third-order valence-corrected chi connectivity index (χ3v) is 2.01. The van der Waals surface area contributed by atoms with Gasteiger partial charge in [0.1, 0.15) is 0 Å². The predicted octanol–water partition coefficient (Wildman–Crippen LogP) is 1.55. The van der Waals surface area contributed by atoms with Crippen molar-refractivity contribution in [2.75, 3.05) is 6.61 Å². The van der Waals surface area contributed by atoms with Gasteiger partial charge in [0, 0.05) is 17.9 Å². The molecule has 0 aliphatic carbocycles. The standard InChI is InChI=1S/C11H16N2O3.2ClH/c1-8-2-3-9(5-13-8)6-16-7-10(12)4-11(14)15;;/h2-3,5,10H,4,6-7,12H2,1H3,(H,14,15);2*1H/t10-;;/m1../s1. The van der Waals surface area contributed by atoms with E-state index in [4.69, 9.17) is 15.6 Å². The second-order valence-corrected chi connectivity index (χ2v) is 3.68. The van der Waals surface area contributed by atoms with Gasteiger partial charge in [0.2, 0.25) is 0 Å². The number of nitrogens with two attached hydrogens (primary N) is 1. The average Bonchev–Trinajstić information content (AvgIpc) is 2.20. The molecular weight excluding hydrogens is 279 g/mol. The Morgan fingerprint density at radius 2 is 2.17 bits per heavy atom. The van der Waals surface area contributed by atoms with Gasteiger partial charge < -0.3 is 15.6 Å². The number of aromatic nitrogens is 1. The van der Waals surface area contributed by atoms with Crippen LogP contribution >= 0.6 is 24.8 Å². The van der Waals surface area contributed by atoms with E-state index in [1.54, 1.807) is 6.20 Å². The van der Waals surface area contributed by atoms with Crippen LogP contribution in [-0.4, -0.2) is 28.7 Å². The van der Waals surface area contributed by atoms with Crippen LogP contribution in [0.5, 0.6) is 0 Å². The summed E-state index contributed by atoms with van der Waals surface area (Å²) < 4.78 is 5.29. The number of carbonyl (C=O) groups is 1. The van der Waals surface area contributed by atoms with Crippen LogP contribution in [0.15, 0.2) is 18.3 Å². The van der Waals surface area contributed by atoms with Gasteiger partial charge in [-0.25, -0.2) is 0 Å². The molecule has 0 aliphatic rings. The molecule has 0 radical (unpaired) electrons. The Bertz CT molecular complexity index is 347. The Balaban J connectivity index is 0. The Hall–Kier alpha value is -0.880. The van der Waals surface area contributed by atoms with Crippen LogP contribution in [0.3, 0.4) is 0 Å². The summed E-state index contributed by atoms with van der Waals surface area (Å²) >= 11 is 0. The second kappa shape index (κ2) is 10.1. The van der Waals surface area contributed by atoms with Crippen molar-refractivity contribution in [1.82, 2.24) is 4.98 Å². The van der Waals surface area contributed by atoms with Crippen molar-refractivity contribution in [1.29, 1.82) is 0 Å². The van der Waals surface area contributed by atoms with Gasteiger partial charge in [0.15, 0.2) is 0 Å². The molecule has 0 saturated carbocycles. The van der Waals surface area contributed by atoms with Gasteiger partial charge in [-0.05, 0) is 18.6 Å². The molecule has 7 heteroatoms. The van der Waals surface area contributed by atoms with E-state index in [1.807, 2.05) is 19.1 Å². The van der Waals surface area contributed by atoms with Gasteiger partial charge in [0.05, 0.1) is 19.6 Å². The smallest absolute Gasteiger partial charge is 0.305 e. The van der Waals surface area contributed by atoms with Crippen molar-refractivity contribution in [2.45, 2.75) is 26.0 Å². The zero-order valence-electron chi connectivity index (χ0n) is 10.0. The summed E-state index contributed by atoms with van der Waals surface area (Å²) in [7, 11) is 0. The van der Waals surface area contributed by atoms with Crippen molar-refractivity contribution in [3.63, 3.8) is 0 Å². The molecule has 0 fully saturated rings. The summed E-state index contributed by atoms with van der Waals surface area (Å²) in [6, 6.07) is 3.36. The number of hydrogen-bond donors (Lipinski definition) is 2. The summed E-state index contributed by atoms with van der Waals surface area (Å²) in [6.45, 7) is 2.55. The Morgan fingerprint density at radius 3 is 2.67 bits per heavy atom. The molecule has 0 amide bonds. The molecule has 0 bridgehead atoms. The minimum atomic E-state index is -0.909. The molecule has 0 unspecified atom stereocenters. The van der Waals surface area contributed by atoms with Crippen molar-refractivity contribution < 1.29 is 14.6 Å². The highest BCUT2D eigenvalue weighted by Gasteiger charge is 2.07. The molecule has 0 aliphatic heterocycles. The van der Waals surface area contributed by atoms with Crippen LogP contribution in [0.25, 0.3) is 0 Å². The molecule has 1 heterocycles. The molecule has 1 rings (SSSR count). The number of aliphatic carboxylic acids is 1. The minimum absolute atomic E-state index is 0. The lowest BCUT2D eigenvalue weighted by molar-refractivity contribution is -0.137. The van der Waals surface area contributed by atoms with Crippen molar-refractivity contribution in [2.24, 2.45) is 5.73 Å². The monoisotopic (exact) mass is 296 g/mol. The number of carboxylic acid groups (broad SMARTS) is 1. The van der Waals surface area contributed by atoms with E-state index >= 15 is 0 Å². The van der Waals surface area contributed by atoms with Gasteiger partial charge in [-0.2, -0.15) is 0 Å². The number of hydrogen-bond acceptors (Lipinski definition) is 4. The fraction of sp³-hybridized carbons (Fsp3) is 0.455. The van der Waals surface area contributed by atoms with E-state index in [1.165, 1.54) is 0 Å². The number of carboxylic acids is 1. The van der Waals surface area contributed by atoms with Crippen molar-refractivity contribution >= 4 is 30.8 Å². The summed E-state index contributed by atoms with van der Waals surface area (Å²) in [4.78, 5) is 14.5. The van der Waals surface area contributed by atoms with E-state index < -0.39 is 12.0 Å². The number of aryl methyl sites for hydroxylation is 1. The zero-order valence-corrected chi connectivity index (χ0v) is 11.7.